The van der Waals surface area contributed by atoms with Gasteiger partial charge in [0, 0.05) is 10.6 Å². The summed E-state index contributed by atoms with van der Waals surface area (Å²) in [5, 5.41) is 8.80. The van der Waals surface area contributed by atoms with Crippen molar-refractivity contribution < 1.29 is 19.1 Å². The first-order chi connectivity index (χ1) is 7.84. The summed E-state index contributed by atoms with van der Waals surface area (Å²) in [5.41, 5.74) is 0.168. The van der Waals surface area contributed by atoms with Gasteiger partial charge in [0.05, 0.1) is 5.56 Å². The SMILES string of the molecule is CC(C(=O)O)N(C)C(=O)c1cc(F)ccc1I. The van der Waals surface area contributed by atoms with Gasteiger partial charge in [-0.2, -0.15) is 0 Å². The zero-order chi connectivity index (χ0) is 13.2. The lowest BCUT2D eigenvalue weighted by Crippen LogP contribution is -2.40. The quantitative estimate of drug-likeness (QED) is 0.848. The lowest BCUT2D eigenvalue weighted by molar-refractivity contribution is -0.141. The minimum atomic E-state index is -1.10. The first kappa shape index (κ1) is 13.9. The Morgan fingerprint density at radius 2 is 2.06 bits per heavy atom. The fourth-order valence-electron chi connectivity index (χ4n) is 1.19. The highest BCUT2D eigenvalue weighted by Crippen LogP contribution is 2.16. The van der Waals surface area contributed by atoms with Gasteiger partial charge in [0.15, 0.2) is 0 Å². The predicted molar refractivity (Wildman–Crippen MR) is 68.3 cm³/mol. The minimum absolute atomic E-state index is 0.168. The summed E-state index contributed by atoms with van der Waals surface area (Å²) in [6.07, 6.45) is 0. The molecule has 0 aliphatic carbocycles. The van der Waals surface area contributed by atoms with Crippen LogP contribution in [0.4, 0.5) is 4.39 Å². The normalized spacial score (nSPS) is 12.0. The van der Waals surface area contributed by atoms with Crippen LogP contribution in [0.5, 0.6) is 0 Å². The van der Waals surface area contributed by atoms with Crippen molar-refractivity contribution >= 4 is 34.5 Å². The number of amides is 1. The van der Waals surface area contributed by atoms with Crippen molar-refractivity contribution in [2.45, 2.75) is 13.0 Å². The number of halogens is 2. The van der Waals surface area contributed by atoms with Gasteiger partial charge in [-0.1, -0.05) is 0 Å². The molecule has 1 unspecified atom stereocenters. The molecule has 1 aromatic rings. The van der Waals surface area contributed by atoms with Crippen LogP contribution in [0.1, 0.15) is 17.3 Å². The van der Waals surface area contributed by atoms with E-state index in [-0.39, 0.29) is 5.56 Å². The molecular formula is C11H11FINO3. The van der Waals surface area contributed by atoms with Crippen LogP contribution in [0, 0.1) is 9.39 Å². The molecule has 92 valence electrons. The highest BCUT2D eigenvalue weighted by Gasteiger charge is 2.24. The van der Waals surface area contributed by atoms with Crippen LogP contribution in [0.2, 0.25) is 0 Å². The van der Waals surface area contributed by atoms with Crippen molar-refractivity contribution in [3.05, 3.63) is 33.1 Å². The molecule has 0 radical (unpaired) electrons. The van der Waals surface area contributed by atoms with Gasteiger partial charge < -0.3 is 10.0 Å². The average molecular weight is 351 g/mol. The van der Waals surface area contributed by atoms with E-state index in [4.69, 9.17) is 5.11 Å². The first-order valence-corrected chi connectivity index (χ1v) is 5.87. The molecule has 0 saturated carbocycles. The van der Waals surface area contributed by atoms with Gasteiger partial charge in [-0.3, -0.25) is 4.79 Å². The molecule has 1 atom stereocenters. The molecule has 0 heterocycles. The van der Waals surface area contributed by atoms with Crippen molar-refractivity contribution in [2.75, 3.05) is 7.05 Å². The van der Waals surface area contributed by atoms with Gasteiger partial charge in [0.25, 0.3) is 5.91 Å². The lowest BCUT2D eigenvalue weighted by Gasteiger charge is -2.22. The van der Waals surface area contributed by atoms with Crippen molar-refractivity contribution in [3.63, 3.8) is 0 Å². The van der Waals surface area contributed by atoms with E-state index in [0.717, 1.165) is 11.0 Å². The van der Waals surface area contributed by atoms with Gasteiger partial charge in [-0.15, -0.1) is 0 Å². The molecule has 6 heteroatoms. The minimum Gasteiger partial charge on any atom is -0.480 e. The summed E-state index contributed by atoms with van der Waals surface area (Å²) in [6.45, 7) is 1.40. The van der Waals surface area contributed by atoms with Crippen LogP contribution in [0.15, 0.2) is 18.2 Å². The zero-order valence-corrected chi connectivity index (χ0v) is 11.4. The molecular weight excluding hydrogens is 340 g/mol. The Morgan fingerprint density at radius 3 is 2.59 bits per heavy atom. The predicted octanol–water partition coefficient (Wildman–Crippen LogP) is 1.98. The van der Waals surface area contributed by atoms with E-state index >= 15 is 0 Å². The van der Waals surface area contributed by atoms with E-state index in [1.54, 1.807) is 0 Å². The molecule has 1 N–H and O–H groups in total. The number of benzene rings is 1. The van der Waals surface area contributed by atoms with Crippen LogP contribution < -0.4 is 0 Å². The molecule has 0 fully saturated rings. The Bertz CT molecular complexity index is 464. The standard InChI is InChI=1S/C11H11FINO3/c1-6(11(16)17)14(2)10(15)8-5-7(12)3-4-9(8)13/h3-6H,1-2H3,(H,16,17). The molecule has 1 amide bonds. The van der Waals surface area contributed by atoms with Crippen LogP contribution in [0.25, 0.3) is 0 Å². The number of carboxylic acid groups (broad SMARTS) is 1. The van der Waals surface area contributed by atoms with Crippen LogP contribution in [-0.4, -0.2) is 35.0 Å². The first-order valence-electron chi connectivity index (χ1n) is 4.79. The van der Waals surface area contributed by atoms with E-state index in [0.29, 0.717) is 3.57 Å². The fourth-order valence-corrected chi connectivity index (χ4v) is 1.76. The molecule has 0 aliphatic rings. The highest BCUT2D eigenvalue weighted by atomic mass is 127. The second-order valence-corrected chi connectivity index (χ2v) is 4.72. The average Bonchev–Trinajstić information content (AvgIpc) is 2.29. The molecule has 0 spiro atoms. The molecule has 0 aliphatic heterocycles. The van der Waals surface area contributed by atoms with Crippen LogP contribution in [0.3, 0.4) is 0 Å². The second kappa shape index (κ2) is 5.44. The van der Waals surface area contributed by atoms with Gasteiger partial charge in [-0.25, -0.2) is 9.18 Å². The van der Waals surface area contributed by atoms with Gasteiger partial charge in [-0.05, 0) is 47.7 Å². The van der Waals surface area contributed by atoms with E-state index < -0.39 is 23.7 Å². The Hall–Kier alpha value is -1.18. The Balaban J connectivity index is 3.04. The third kappa shape index (κ3) is 3.15. The topological polar surface area (TPSA) is 57.6 Å². The summed E-state index contributed by atoms with van der Waals surface area (Å²) in [4.78, 5) is 23.8. The molecule has 1 rings (SSSR count). The third-order valence-corrected chi connectivity index (χ3v) is 3.36. The Labute approximate surface area is 112 Å². The van der Waals surface area contributed by atoms with Gasteiger partial charge >= 0.3 is 5.97 Å². The highest BCUT2D eigenvalue weighted by molar-refractivity contribution is 14.1. The van der Waals surface area contributed by atoms with E-state index in [9.17, 15) is 14.0 Å². The summed E-state index contributed by atoms with van der Waals surface area (Å²) < 4.78 is 13.6. The number of carbonyl (C=O) groups is 2. The molecule has 0 bridgehead atoms. The largest absolute Gasteiger partial charge is 0.480 e. The number of nitrogens with zero attached hydrogens (tertiary/aromatic N) is 1. The Kier molecular flexibility index (Phi) is 4.44. The monoisotopic (exact) mass is 351 g/mol. The summed E-state index contributed by atoms with van der Waals surface area (Å²) in [7, 11) is 1.38. The second-order valence-electron chi connectivity index (χ2n) is 3.55. The number of hydrogen-bond acceptors (Lipinski definition) is 2. The maximum Gasteiger partial charge on any atom is 0.326 e. The van der Waals surface area contributed by atoms with E-state index in [2.05, 4.69) is 0 Å². The number of likely N-dealkylation sites (N-methyl/N-ethyl adjacent to an activating group) is 1. The van der Waals surface area contributed by atoms with Crippen molar-refractivity contribution in [1.82, 2.24) is 4.90 Å². The number of carbonyl (C=O) groups excluding carboxylic acids is 1. The maximum absolute atomic E-state index is 13.0. The third-order valence-electron chi connectivity index (χ3n) is 2.42. The summed E-state index contributed by atoms with van der Waals surface area (Å²) in [6, 6.07) is 2.87. The van der Waals surface area contributed by atoms with Gasteiger partial charge in [0.1, 0.15) is 11.9 Å². The lowest BCUT2D eigenvalue weighted by atomic mass is 10.1. The number of aliphatic carboxylic acids is 1. The number of hydrogen-bond donors (Lipinski definition) is 1. The van der Waals surface area contributed by atoms with Crippen LogP contribution >= 0.6 is 22.6 Å². The molecule has 17 heavy (non-hydrogen) atoms. The van der Waals surface area contributed by atoms with Crippen molar-refractivity contribution in [1.29, 1.82) is 0 Å². The Morgan fingerprint density at radius 1 is 1.47 bits per heavy atom. The van der Waals surface area contributed by atoms with E-state index in [1.165, 1.54) is 26.1 Å². The smallest absolute Gasteiger partial charge is 0.326 e. The van der Waals surface area contributed by atoms with Crippen LogP contribution in [-0.2, 0) is 4.79 Å². The molecule has 4 nitrogen and oxygen atoms in total. The number of carboxylic acids is 1. The maximum atomic E-state index is 13.0. The van der Waals surface area contributed by atoms with Crippen molar-refractivity contribution in [3.8, 4) is 0 Å². The van der Waals surface area contributed by atoms with Crippen molar-refractivity contribution in [2.24, 2.45) is 0 Å². The van der Waals surface area contributed by atoms with Gasteiger partial charge in [0.2, 0.25) is 0 Å². The molecule has 1 aromatic carbocycles. The summed E-state index contributed by atoms with van der Waals surface area (Å²) in [5.74, 6) is -2.14. The van der Waals surface area contributed by atoms with E-state index in [1.807, 2.05) is 22.6 Å². The zero-order valence-electron chi connectivity index (χ0n) is 9.28. The summed E-state index contributed by atoms with van der Waals surface area (Å²) >= 11 is 1.90. The number of rotatable bonds is 3. The molecule has 0 aromatic heterocycles. The fraction of sp³-hybridized carbons (Fsp3) is 0.273. The molecule has 0 saturated heterocycles.